The van der Waals surface area contributed by atoms with E-state index < -0.39 is 13.3 Å². The third-order valence-corrected chi connectivity index (χ3v) is 6.06. The highest BCUT2D eigenvalue weighted by atomic mass is 35.5. The predicted molar refractivity (Wildman–Crippen MR) is 80.2 cm³/mol. The molecule has 1 aliphatic rings. The van der Waals surface area contributed by atoms with Gasteiger partial charge in [-0.1, -0.05) is 34.8 Å². The van der Waals surface area contributed by atoms with Gasteiger partial charge < -0.3 is 14.5 Å². The zero-order chi connectivity index (χ0) is 14.9. The molecule has 1 aromatic rings. The van der Waals surface area contributed by atoms with Crippen LogP contribution in [0.2, 0.25) is 15.1 Å². The van der Waals surface area contributed by atoms with Crippen LogP contribution in [0.3, 0.4) is 0 Å². The van der Waals surface area contributed by atoms with E-state index in [9.17, 15) is 14.4 Å². The van der Waals surface area contributed by atoms with Crippen LogP contribution in [0, 0.1) is 0 Å². The van der Waals surface area contributed by atoms with Crippen molar-refractivity contribution in [1.82, 2.24) is 0 Å². The fourth-order valence-electron chi connectivity index (χ4n) is 2.31. The molecule has 1 fully saturated rings. The van der Waals surface area contributed by atoms with E-state index in [1.165, 1.54) is 0 Å². The summed E-state index contributed by atoms with van der Waals surface area (Å²) < 4.78 is 17.1. The van der Waals surface area contributed by atoms with Gasteiger partial charge in [0.1, 0.15) is 10.8 Å². The lowest BCUT2D eigenvalue weighted by Crippen LogP contribution is -2.28. The molecule has 4 nitrogen and oxygen atoms in total. The van der Waals surface area contributed by atoms with Crippen molar-refractivity contribution in [3.63, 3.8) is 0 Å². The molecule has 2 N–H and O–H groups in total. The van der Waals surface area contributed by atoms with Crippen LogP contribution in [-0.4, -0.2) is 21.5 Å². The van der Waals surface area contributed by atoms with E-state index in [0.717, 1.165) is 6.42 Å². The largest absolute Gasteiger partial charge is 0.489 e. The molecule has 0 bridgehead atoms. The quantitative estimate of drug-likeness (QED) is 0.615. The number of halogens is 3. The third-order valence-electron chi connectivity index (χ3n) is 3.37. The maximum absolute atomic E-state index is 11.3. The van der Waals surface area contributed by atoms with Crippen LogP contribution in [0.5, 0.6) is 5.75 Å². The van der Waals surface area contributed by atoms with Gasteiger partial charge in [0.25, 0.3) is 0 Å². The number of benzene rings is 1. The first-order valence-electron chi connectivity index (χ1n) is 6.14. The van der Waals surface area contributed by atoms with Gasteiger partial charge in [-0.05, 0) is 37.8 Å². The summed E-state index contributed by atoms with van der Waals surface area (Å²) in [6, 6.07) is 3.19. The minimum atomic E-state index is -4.07. The zero-order valence-corrected chi connectivity index (χ0v) is 13.6. The minimum absolute atomic E-state index is 0.216. The van der Waals surface area contributed by atoms with Gasteiger partial charge in [0.15, 0.2) is 0 Å². The second-order valence-corrected chi connectivity index (χ2v) is 7.89. The second-order valence-electron chi connectivity index (χ2n) is 4.82. The molecule has 1 aliphatic carbocycles. The van der Waals surface area contributed by atoms with Crippen LogP contribution >= 0.6 is 42.4 Å². The van der Waals surface area contributed by atoms with E-state index >= 15 is 0 Å². The van der Waals surface area contributed by atoms with Crippen molar-refractivity contribution < 1.29 is 19.1 Å². The predicted octanol–water partition coefficient (Wildman–Crippen LogP) is 4.51. The van der Waals surface area contributed by atoms with Crippen molar-refractivity contribution in [2.24, 2.45) is 0 Å². The third kappa shape index (κ3) is 3.82. The fourth-order valence-corrected chi connectivity index (χ4v) is 3.91. The molecule has 2 unspecified atom stereocenters. The smallest absolute Gasteiger partial charge is 0.328 e. The maximum atomic E-state index is 11.3. The molecule has 20 heavy (non-hydrogen) atoms. The zero-order valence-electron chi connectivity index (χ0n) is 10.4. The Morgan fingerprint density at radius 2 is 1.85 bits per heavy atom. The van der Waals surface area contributed by atoms with Crippen molar-refractivity contribution in [2.75, 3.05) is 0 Å². The van der Waals surface area contributed by atoms with E-state index in [1.54, 1.807) is 12.1 Å². The fraction of sp³-hybridized carbons (Fsp3) is 0.500. The Bertz CT molecular complexity index is 546. The Kier molecular flexibility index (Phi) is 5.28. The number of hydrogen-bond acceptors (Lipinski definition) is 2. The lowest BCUT2D eigenvalue weighted by Gasteiger charge is -2.30. The standard InChI is InChI=1S/C12H14Cl3O4P/c13-9-4-5-10(12(15)11(9)14)19-7-2-1-3-8(6-7)20(16,17)18/h4-5,7-8H,1-3,6H2,(H2,16,17,18). The normalized spacial score (nSPS) is 23.6. The van der Waals surface area contributed by atoms with Crippen molar-refractivity contribution in [2.45, 2.75) is 37.4 Å². The van der Waals surface area contributed by atoms with E-state index in [0.29, 0.717) is 30.0 Å². The summed E-state index contributed by atoms with van der Waals surface area (Å²) in [7, 11) is -4.07. The Morgan fingerprint density at radius 1 is 1.15 bits per heavy atom. The molecule has 8 heteroatoms. The first-order chi connectivity index (χ1) is 9.29. The molecule has 0 radical (unpaired) electrons. The summed E-state index contributed by atoms with van der Waals surface area (Å²) in [5.41, 5.74) is -0.650. The average molecular weight is 360 g/mol. The molecule has 0 heterocycles. The van der Waals surface area contributed by atoms with Crippen LogP contribution < -0.4 is 4.74 Å². The molecule has 112 valence electrons. The van der Waals surface area contributed by atoms with E-state index in [1.807, 2.05) is 0 Å². The van der Waals surface area contributed by atoms with Crippen molar-refractivity contribution in [3.05, 3.63) is 27.2 Å². The van der Waals surface area contributed by atoms with Gasteiger partial charge in [0.05, 0.1) is 21.8 Å². The number of rotatable bonds is 3. The molecule has 0 aliphatic heterocycles. The van der Waals surface area contributed by atoms with E-state index in [2.05, 4.69) is 0 Å². The average Bonchev–Trinajstić information content (AvgIpc) is 2.39. The molecule has 0 aromatic heterocycles. The SMILES string of the molecule is O=P(O)(O)C1CCCC(Oc2ccc(Cl)c(Cl)c2Cl)C1. The van der Waals surface area contributed by atoms with Crippen LogP contribution in [0.15, 0.2) is 12.1 Å². The van der Waals surface area contributed by atoms with Crippen LogP contribution in [-0.2, 0) is 4.57 Å². The lowest BCUT2D eigenvalue weighted by atomic mass is 9.97. The Hall–Kier alpha value is 0.0400. The molecule has 2 atom stereocenters. The van der Waals surface area contributed by atoms with Gasteiger partial charge in [-0.25, -0.2) is 0 Å². The van der Waals surface area contributed by atoms with E-state index in [-0.39, 0.29) is 16.1 Å². The topological polar surface area (TPSA) is 66.8 Å². The molecule has 1 saturated carbocycles. The van der Waals surface area contributed by atoms with Crippen molar-refractivity contribution >= 4 is 42.4 Å². The van der Waals surface area contributed by atoms with Gasteiger partial charge in [-0.2, -0.15) is 0 Å². The van der Waals surface area contributed by atoms with Gasteiger partial charge in [0.2, 0.25) is 0 Å². The summed E-state index contributed by atoms with van der Waals surface area (Å²) in [5.74, 6) is 0.387. The first kappa shape index (κ1) is 16.4. The Morgan fingerprint density at radius 3 is 2.50 bits per heavy atom. The number of hydrogen-bond donors (Lipinski definition) is 2. The Labute approximate surface area is 132 Å². The molecule has 2 rings (SSSR count). The number of ether oxygens (including phenoxy) is 1. The van der Waals surface area contributed by atoms with Crippen LogP contribution in [0.4, 0.5) is 0 Å². The minimum Gasteiger partial charge on any atom is -0.489 e. The molecule has 0 spiro atoms. The second kappa shape index (κ2) is 6.43. The maximum Gasteiger partial charge on any atom is 0.328 e. The molecule has 0 amide bonds. The highest BCUT2D eigenvalue weighted by molar-refractivity contribution is 7.52. The van der Waals surface area contributed by atoms with Gasteiger partial charge in [0, 0.05) is 0 Å². The van der Waals surface area contributed by atoms with E-state index in [4.69, 9.17) is 39.5 Å². The van der Waals surface area contributed by atoms with Crippen LogP contribution in [0.1, 0.15) is 25.7 Å². The highest BCUT2D eigenvalue weighted by Gasteiger charge is 2.35. The van der Waals surface area contributed by atoms with Crippen LogP contribution in [0.25, 0.3) is 0 Å². The molecular formula is C12H14Cl3O4P. The lowest BCUT2D eigenvalue weighted by molar-refractivity contribution is 0.150. The van der Waals surface area contributed by atoms with Crippen molar-refractivity contribution in [1.29, 1.82) is 0 Å². The molecule has 0 saturated heterocycles. The first-order valence-corrected chi connectivity index (χ1v) is 8.96. The summed E-state index contributed by atoms with van der Waals surface area (Å²) >= 11 is 17.8. The van der Waals surface area contributed by atoms with Gasteiger partial charge >= 0.3 is 7.60 Å². The monoisotopic (exact) mass is 358 g/mol. The molecular weight excluding hydrogens is 345 g/mol. The summed E-state index contributed by atoms with van der Waals surface area (Å²) in [4.78, 5) is 18.5. The summed E-state index contributed by atoms with van der Waals surface area (Å²) in [6.45, 7) is 0. The van der Waals surface area contributed by atoms with Gasteiger partial charge in [-0.3, -0.25) is 4.57 Å². The molecule has 1 aromatic carbocycles. The summed E-state index contributed by atoms with van der Waals surface area (Å²) in [5, 5.41) is 0.770. The Balaban J connectivity index is 2.11. The highest BCUT2D eigenvalue weighted by Crippen LogP contribution is 2.49. The van der Waals surface area contributed by atoms with Crippen molar-refractivity contribution in [3.8, 4) is 5.75 Å². The summed E-state index contributed by atoms with van der Waals surface area (Å²) in [6.07, 6.45) is 1.98. The van der Waals surface area contributed by atoms with Gasteiger partial charge in [-0.15, -0.1) is 0 Å².